The first-order chi connectivity index (χ1) is 19.9. The second-order valence-electron chi connectivity index (χ2n) is 13.4. The highest BCUT2D eigenvalue weighted by molar-refractivity contribution is 5.89. The van der Waals surface area contributed by atoms with Crippen molar-refractivity contribution >= 4 is 11.9 Å². The van der Waals surface area contributed by atoms with E-state index in [-0.39, 0.29) is 37.3 Å². The summed E-state index contributed by atoms with van der Waals surface area (Å²) in [6, 6.07) is 18.1. The standard InChI is InChI=1S/C35H40O7/c1-21-15-27-33(39,30(21)41-31(38)25-13-9-6-10-14-25)19-24(20-36)16-26-29-32(3,4)34(29,18-22(2)35(26,27)40)42-28(37)17-23-11-7-5-8-12-23/h5-16,22,26-27,29-30,36,39-40H,17-20H2,1-4H3/t22-,26+,27-,29+,30+,33-,34+,35-/m1/s1. The van der Waals surface area contributed by atoms with Crippen LogP contribution in [0.25, 0.3) is 0 Å². The van der Waals surface area contributed by atoms with Gasteiger partial charge in [-0.2, -0.15) is 0 Å². The zero-order chi connectivity index (χ0) is 30.1. The fraction of sp³-hybridized carbons (Fsp3) is 0.486. The number of carbonyl (C=O) groups excluding carboxylic acids is 2. The largest absolute Gasteiger partial charge is 0.458 e. The van der Waals surface area contributed by atoms with Crippen LogP contribution in [0.1, 0.15) is 56.5 Å². The molecule has 4 aliphatic carbocycles. The summed E-state index contributed by atoms with van der Waals surface area (Å²) in [6.07, 6.45) is 3.37. The van der Waals surface area contributed by atoms with Crippen LogP contribution >= 0.6 is 0 Å². The van der Waals surface area contributed by atoms with E-state index in [0.717, 1.165) is 5.56 Å². The molecule has 2 aromatic carbocycles. The fourth-order valence-corrected chi connectivity index (χ4v) is 8.70. The van der Waals surface area contributed by atoms with Gasteiger partial charge in [0, 0.05) is 29.6 Å². The van der Waals surface area contributed by atoms with Crippen LogP contribution < -0.4 is 0 Å². The predicted molar refractivity (Wildman–Crippen MR) is 156 cm³/mol. The van der Waals surface area contributed by atoms with Crippen LogP contribution in [0.5, 0.6) is 0 Å². The Bertz CT molecular complexity index is 1450. The third-order valence-corrected chi connectivity index (χ3v) is 10.8. The van der Waals surface area contributed by atoms with Gasteiger partial charge in [0.15, 0.2) is 6.10 Å². The highest BCUT2D eigenvalue weighted by atomic mass is 16.6. The first-order valence-corrected chi connectivity index (χ1v) is 14.8. The maximum Gasteiger partial charge on any atom is 0.338 e. The zero-order valence-corrected chi connectivity index (χ0v) is 24.6. The van der Waals surface area contributed by atoms with Gasteiger partial charge < -0.3 is 24.8 Å². The lowest BCUT2D eigenvalue weighted by molar-refractivity contribution is -0.196. The van der Waals surface area contributed by atoms with Crippen molar-refractivity contribution in [1.29, 1.82) is 0 Å². The van der Waals surface area contributed by atoms with E-state index >= 15 is 0 Å². The third-order valence-electron chi connectivity index (χ3n) is 10.8. The van der Waals surface area contributed by atoms with Gasteiger partial charge in [0.25, 0.3) is 0 Å². The van der Waals surface area contributed by atoms with Crippen molar-refractivity contribution in [2.45, 2.75) is 69.9 Å². The predicted octanol–water partition coefficient (Wildman–Crippen LogP) is 4.41. The monoisotopic (exact) mass is 572 g/mol. The summed E-state index contributed by atoms with van der Waals surface area (Å²) in [5.74, 6) is -2.76. The number of carbonyl (C=O) groups is 2. The average Bonchev–Trinajstić information content (AvgIpc) is 3.35. The highest BCUT2D eigenvalue weighted by Crippen LogP contribution is 2.76. The summed E-state index contributed by atoms with van der Waals surface area (Å²) in [5, 5.41) is 35.6. The molecule has 0 spiro atoms. The Kier molecular flexibility index (Phi) is 6.80. The summed E-state index contributed by atoms with van der Waals surface area (Å²) < 4.78 is 12.3. The van der Waals surface area contributed by atoms with E-state index in [2.05, 4.69) is 13.8 Å². The van der Waals surface area contributed by atoms with E-state index in [9.17, 15) is 24.9 Å². The van der Waals surface area contributed by atoms with Crippen LogP contribution in [0.2, 0.25) is 0 Å². The molecule has 7 heteroatoms. The minimum absolute atomic E-state index is 0.0359. The fourth-order valence-electron chi connectivity index (χ4n) is 8.70. The lowest BCUT2D eigenvalue weighted by atomic mass is 9.60. The minimum atomic E-state index is -1.66. The van der Waals surface area contributed by atoms with Crippen molar-refractivity contribution < 1.29 is 34.4 Å². The highest BCUT2D eigenvalue weighted by Gasteiger charge is 2.83. The number of aliphatic hydroxyl groups excluding tert-OH is 1. The van der Waals surface area contributed by atoms with Crippen molar-refractivity contribution in [2.75, 3.05) is 6.61 Å². The molecule has 4 aliphatic rings. The Morgan fingerprint density at radius 1 is 0.976 bits per heavy atom. The lowest BCUT2D eigenvalue weighted by Crippen LogP contribution is -2.62. The molecule has 0 heterocycles. The van der Waals surface area contributed by atoms with Crippen LogP contribution in [0, 0.1) is 29.1 Å². The Balaban J connectivity index is 1.34. The van der Waals surface area contributed by atoms with Crippen molar-refractivity contribution in [3.8, 4) is 0 Å². The van der Waals surface area contributed by atoms with Crippen molar-refractivity contribution in [3.05, 3.63) is 95.1 Å². The molecule has 2 saturated carbocycles. The second kappa shape index (κ2) is 9.90. The summed E-state index contributed by atoms with van der Waals surface area (Å²) in [7, 11) is 0. The van der Waals surface area contributed by atoms with E-state index in [0.29, 0.717) is 23.1 Å². The molecular formula is C35H40O7. The minimum Gasteiger partial charge on any atom is -0.458 e. The Labute approximate surface area is 246 Å². The van der Waals surface area contributed by atoms with Gasteiger partial charge in [-0.25, -0.2) is 4.79 Å². The van der Waals surface area contributed by atoms with Gasteiger partial charge in [-0.3, -0.25) is 4.79 Å². The van der Waals surface area contributed by atoms with Crippen LogP contribution in [0.3, 0.4) is 0 Å². The van der Waals surface area contributed by atoms with Gasteiger partial charge in [0.2, 0.25) is 0 Å². The summed E-state index contributed by atoms with van der Waals surface area (Å²) >= 11 is 0. The zero-order valence-electron chi connectivity index (χ0n) is 24.6. The van der Waals surface area contributed by atoms with Crippen molar-refractivity contribution in [3.63, 3.8) is 0 Å². The van der Waals surface area contributed by atoms with Gasteiger partial charge in [-0.15, -0.1) is 0 Å². The number of hydrogen-bond acceptors (Lipinski definition) is 7. The van der Waals surface area contributed by atoms with Gasteiger partial charge >= 0.3 is 11.9 Å². The normalized spacial score (nSPS) is 37.6. The summed E-state index contributed by atoms with van der Waals surface area (Å²) in [5.41, 5.74) is -1.87. The Morgan fingerprint density at radius 2 is 1.62 bits per heavy atom. The van der Waals surface area contributed by atoms with E-state index in [1.807, 2.05) is 55.5 Å². The average molecular weight is 573 g/mol. The molecule has 0 aliphatic heterocycles. The molecule has 42 heavy (non-hydrogen) atoms. The van der Waals surface area contributed by atoms with E-state index in [1.165, 1.54) is 0 Å². The van der Waals surface area contributed by atoms with Gasteiger partial charge in [0.05, 0.1) is 24.2 Å². The molecule has 0 radical (unpaired) electrons. The lowest BCUT2D eigenvalue weighted by Gasteiger charge is -2.51. The van der Waals surface area contributed by atoms with Crippen LogP contribution in [0.4, 0.5) is 0 Å². The molecular weight excluding hydrogens is 532 g/mol. The first-order valence-electron chi connectivity index (χ1n) is 14.8. The topological polar surface area (TPSA) is 113 Å². The van der Waals surface area contributed by atoms with Gasteiger partial charge in [-0.05, 0) is 48.1 Å². The Hall–Kier alpha value is -3.26. The van der Waals surface area contributed by atoms with Crippen LogP contribution in [-0.2, 0) is 20.7 Å². The SMILES string of the molecule is CC1=C[C@@H]2[C@](O)(CC(CO)=C[C@H]3[C@H]4C(C)(C)[C@]4(OC(=O)Cc4ccccc4)C[C@@H](C)[C@]23O)[C@H]1OC(=O)c1ccccc1. The molecule has 8 atom stereocenters. The number of fused-ring (bicyclic) bond motifs is 5. The number of ether oxygens (including phenoxy) is 2. The first kappa shape index (κ1) is 28.8. The molecule has 6 rings (SSSR count). The van der Waals surface area contributed by atoms with Crippen LogP contribution in [0.15, 0.2) is 84.0 Å². The number of hydrogen-bond donors (Lipinski definition) is 3. The molecule has 0 unspecified atom stereocenters. The van der Waals surface area contributed by atoms with E-state index < -0.39 is 46.1 Å². The smallest absolute Gasteiger partial charge is 0.338 e. The summed E-state index contributed by atoms with van der Waals surface area (Å²) in [4.78, 5) is 26.3. The van der Waals surface area contributed by atoms with Gasteiger partial charge in [0.1, 0.15) is 11.2 Å². The van der Waals surface area contributed by atoms with Gasteiger partial charge in [-0.1, -0.05) is 81.5 Å². The maximum atomic E-state index is 13.2. The quantitative estimate of drug-likeness (QED) is 0.347. The molecule has 222 valence electrons. The molecule has 0 aromatic heterocycles. The molecule has 2 aromatic rings. The number of benzene rings is 2. The molecule has 0 saturated heterocycles. The number of esters is 2. The third kappa shape index (κ3) is 4.12. The molecule has 0 bridgehead atoms. The summed E-state index contributed by atoms with van der Waals surface area (Å²) in [6.45, 7) is 7.56. The van der Waals surface area contributed by atoms with Crippen LogP contribution in [-0.4, -0.2) is 56.8 Å². The number of aliphatic hydroxyl groups is 3. The number of rotatable bonds is 6. The molecule has 3 N–H and O–H groups in total. The van der Waals surface area contributed by atoms with E-state index in [4.69, 9.17) is 9.47 Å². The van der Waals surface area contributed by atoms with E-state index in [1.54, 1.807) is 31.2 Å². The Morgan fingerprint density at radius 3 is 2.26 bits per heavy atom. The molecule has 7 nitrogen and oxygen atoms in total. The second-order valence-corrected chi connectivity index (χ2v) is 13.4. The van der Waals surface area contributed by atoms with Crippen molar-refractivity contribution in [2.24, 2.45) is 29.1 Å². The maximum absolute atomic E-state index is 13.2. The molecule has 0 amide bonds. The molecule has 2 fully saturated rings. The van der Waals surface area contributed by atoms with Crippen molar-refractivity contribution in [1.82, 2.24) is 0 Å².